The first kappa shape index (κ1) is 27.4. The molecule has 1 saturated carbocycles. The molecule has 0 spiro atoms. The molecule has 0 radical (unpaired) electrons. The van der Waals surface area contributed by atoms with Crippen LogP contribution in [0, 0.1) is 17.2 Å². The minimum Gasteiger partial charge on any atom is -0.405 e. The average Bonchev–Trinajstić information content (AvgIpc) is 3.49. The van der Waals surface area contributed by atoms with Crippen LogP contribution in [0.2, 0.25) is 0 Å². The van der Waals surface area contributed by atoms with Crippen LogP contribution in [0.15, 0.2) is 76.8 Å². The van der Waals surface area contributed by atoms with E-state index in [1.165, 1.54) is 0 Å². The number of amides is 1. The number of anilines is 2. The first-order valence-corrected chi connectivity index (χ1v) is 13.1. The van der Waals surface area contributed by atoms with E-state index in [0.717, 1.165) is 11.6 Å². The Morgan fingerprint density at radius 1 is 1.12 bits per heavy atom. The number of aliphatic imine (C=N–C) groups is 2. The van der Waals surface area contributed by atoms with Crippen LogP contribution in [0.3, 0.4) is 0 Å². The number of rotatable bonds is 5. The van der Waals surface area contributed by atoms with Crippen molar-refractivity contribution in [3.05, 3.63) is 89.2 Å². The van der Waals surface area contributed by atoms with Gasteiger partial charge in [-0.05, 0) is 12.1 Å². The Morgan fingerprint density at radius 2 is 1.81 bits per heavy atom. The van der Waals surface area contributed by atoms with Crippen LogP contribution >= 0.6 is 0 Å². The van der Waals surface area contributed by atoms with Crippen molar-refractivity contribution in [2.45, 2.75) is 18.4 Å². The molecule has 3 unspecified atom stereocenters. The molecule has 3 aromatic rings. The van der Waals surface area contributed by atoms with E-state index in [2.05, 4.69) is 20.3 Å². The van der Waals surface area contributed by atoms with Gasteiger partial charge in [0.1, 0.15) is 5.69 Å². The number of hydrogen-bond acceptors (Lipinski definition) is 8. The van der Waals surface area contributed by atoms with Gasteiger partial charge in [0.2, 0.25) is 12.1 Å². The number of hydrogen-bond donors (Lipinski definition) is 3. The topological polar surface area (TPSA) is 138 Å². The zero-order valence-electron chi connectivity index (χ0n) is 22.3. The third kappa shape index (κ3) is 5.18. The fourth-order valence-corrected chi connectivity index (χ4v) is 5.50. The standard InChI is InChI=1S/C29H26F3N7O3/c1-41-24-18-13-39(14-19(18)24)21-11-16(29(30,31)32)12-35-23(21)25(33)42-28(34)38-26-27(40)36-20-10-6-5-9-17(20)22(37-26)15-7-3-2-4-8-15/h2-12,18-19,24,26,33H,13-14H2,1H3,(H2,34,38)(H,36,40). The van der Waals surface area contributed by atoms with Gasteiger partial charge in [0.15, 0.2) is 0 Å². The number of halogens is 3. The Balaban J connectivity index is 1.28. The number of benzodiazepines with no additional fused rings is 1. The van der Waals surface area contributed by atoms with Gasteiger partial charge < -0.3 is 25.4 Å². The van der Waals surface area contributed by atoms with Crippen LogP contribution in [0.1, 0.15) is 22.4 Å². The molecular formula is C29H26F3N7O3. The number of benzene rings is 2. The lowest BCUT2D eigenvalue weighted by Crippen LogP contribution is -2.31. The van der Waals surface area contributed by atoms with Crippen LogP contribution < -0.4 is 16.0 Å². The van der Waals surface area contributed by atoms with Gasteiger partial charge in [-0.25, -0.2) is 9.98 Å². The van der Waals surface area contributed by atoms with Gasteiger partial charge >= 0.3 is 6.18 Å². The van der Waals surface area contributed by atoms with Gasteiger partial charge in [-0.15, -0.1) is 0 Å². The van der Waals surface area contributed by atoms with E-state index < -0.39 is 35.7 Å². The van der Waals surface area contributed by atoms with E-state index in [-0.39, 0.29) is 29.3 Å². The summed E-state index contributed by atoms with van der Waals surface area (Å²) in [6.45, 7) is 0.908. The number of fused-ring (bicyclic) bond motifs is 2. The SMILES string of the molecule is COC1C2CN(c3cc(C(F)(F)F)cnc3C(=N)O/C(N)=N/C3N=C(c4ccccc4)c4ccccc4NC3=O)CC21. The molecule has 2 aromatic carbocycles. The minimum absolute atomic E-state index is 0.0696. The molecule has 216 valence electrons. The number of nitrogens with one attached hydrogen (secondary N) is 2. The molecule has 3 aliphatic rings. The summed E-state index contributed by atoms with van der Waals surface area (Å²) in [5, 5.41) is 11.3. The number of piperidine rings is 1. The van der Waals surface area contributed by atoms with Crippen molar-refractivity contribution in [1.82, 2.24) is 4.98 Å². The summed E-state index contributed by atoms with van der Waals surface area (Å²) in [7, 11) is 1.61. The molecule has 42 heavy (non-hydrogen) atoms. The number of aromatic nitrogens is 1. The molecule has 1 saturated heterocycles. The number of alkyl halides is 3. The Labute approximate surface area is 238 Å². The van der Waals surface area contributed by atoms with E-state index >= 15 is 0 Å². The number of nitrogens with zero attached hydrogens (tertiary/aromatic N) is 4. The number of para-hydroxylation sites is 1. The predicted molar refractivity (Wildman–Crippen MR) is 150 cm³/mol. The minimum atomic E-state index is -4.62. The molecule has 4 N–H and O–H groups in total. The van der Waals surface area contributed by atoms with Crippen molar-refractivity contribution >= 4 is 34.9 Å². The Kier molecular flexibility index (Phi) is 6.89. The van der Waals surface area contributed by atoms with Crippen LogP contribution in [0.25, 0.3) is 0 Å². The lowest BCUT2D eigenvalue weighted by atomic mass is 10.0. The Morgan fingerprint density at radius 3 is 2.50 bits per heavy atom. The second-order valence-corrected chi connectivity index (χ2v) is 10.2. The summed E-state index contributed by atoms with van der Waals surface area (Å²) >= 11 is 0. The number of nitrogens with two attached hydrogens (primary N) is 1. The van der Waals surface area contributed by atoms with Crippen LogP contribution in [0.4, 0.5) is 24.5 Å². The highest BCUT2D eigenvalue weighted by atomic mass is 19.4. The molecule has 10 nitrogen and oxygen atoms in total. The first-order valence-electron chi connectivity index (χ1n) is 13.1. The van der Waals surface area contributed by atoms with Gasteiger partial charge in [-0.1, -0.05) is 48.5 Å². The largest absolute Gasteiger partial charge is 0.417 e. The van der Waals surface area contributed by atoms with Crippen LogP contribution in [-0.2, 0) is 20.4 Å². The number of amidine groups is 1. The zero-order valence-corrected chi connectivity index (χ0v) is 22.3. The highest BCUT2D eigenvalue weighted by Crippen LogP contribution is 2.49. The molecule has 13 heteroatoms. The van der Waals surface area contributed by atoms with E-state index in [0.29, 0.717) is 36.2 Å². The number of pyridine rings is 1. The molecule has 1 aliphatic carbocycles. The van der Waals surface area contributed by atoms with E-state index in [4.69, 9.17) is 20.6 Å². The fourth-order valence-electron chi connectivity index (χ4n) is 5.50. The van der Waals surface area contributed by atoms with Gasteiger partial charge in [0.25, 0.3) is 11.9 Å². The number of ether oxygens (including phenoxy) is 2. The lowest BCUT2D eigenvalue weighted by molar-refractivity contribution is -0.137. The second kappa shape index (κ2) is 10.6. The zero-order chi connectivity index (χ0) is 29.6. The molecule has 6 rings (SSSR count). The van der Waals surface area contributed by atoms with Crippen molar-refractivity contribution < 1.29 is 27.4 Å². The third-order valence-electron chi connectivity index (χ3n) is 7.57. The highest BCUT2D eigenvalue weighted by molar-refractivity contribution is 6.19. The molecule has 3 atom stereocenters. The first-order chi connectivity index (χ1) is 20.1. The fraction of sp³-hybridized carbons (Fsp3) is 0.276. The number of carbonyl (C=O) groups excluding carboxylic acids is 1. The normalized spacial score (nSPS) is 23.3. The monoisotopic (exact) mass is 577 g/mol. The second-order valence-electron chi connectivity index (χ2n) is 10.2. The quantitative estimate of drug-likeness (QED) is 0.313. The smallest absolute Gasteiger partial charge is 0.405 e. The van der Waals surface area contributed by atoms with Crippen molar-refractivity contribution in [3.8, 4) is 0 Å². The lowest BCUT2D eigenvalue weighted by Gasteiger charge is -2.25. The molecule has 1 aromatic heterocycles. The third-order valence-corrected chi connectivity index (χ3v) is 7.57. The summed E-state index contributed by atoms with van der Waals surface area (Å²) in [4.78, 5) is 27.4. The molecule has 3 heterocycles. The highest BCUT2D eigenvalue weighted by Gasteiger charge is 2.57. The van der Waals surface area contributed by atoms with Crippen molar-refractivity contribution in [1.29, 1.82) is 5.41 Å². The van der Waals surface area contributed by atoms with E-state index in [1.807, 2.05) is 42.5 Å². The maximum atomic E-state index is 13.5. The summed E-state index contributed by atoms with van der Waals surface area (Å²) in [6.07, 6.45) is -5.27. The van der Waals surface area contributed by atoms with E-state index in [9.17, 15) is 18.0 Å². The number of carbonyl (C=O) groups is 1. The van der Waals surface area contributed by atoms with Crippen LogP contribution in [-0.4, -0.2) is 61.0 Å². The summed E-state index contributed by atoms with van der Waals surface area (Å²) in [5.74, 6) is -0.820. The molecule has 1 amide bonds. The summed E-state index contributed by atoms with van der Waals surface area (Å²) < 4.78 is 51.4. The van der Waals surface area contributed by atoms with Gasteiger partial charge in [0, 0.05) is 49.4 Å². The van der Waals surface area contributed by atoms with Gasteiger partial charge in [-0.3, -0.25) is 10.2 Å². The van der Waals surface area contributed by atoms with Gasteiger partial charge in [0.05, 0.1) is 28.8 Å². The molecule has 2 aliphatic heterocycles. The average molecular weight is 578 g/mol. The molecular weight excluding hydrogens is 551 g/mol. The predicted octanol–water partition coefficient (Wildman–Crippen LogP) is 3.65. The summed E-state index contributed by atoms with van der Waals surface area (Å²) in [5.41, 5.74) is 7.48. The molecule has 2 fully saturated rings. The van der Waals surface area contributed by atoms with Crippen LogP contribution in [0.5, 0.6) is 0 Å². The van der Waals surface area contributed by atoms with Crippen molar-refractivity contribution in [3.63, 3.8) is 0 Å². The van der Waals surface area contributed by atoms with Crippen molar-refractivity contribution in [2.24, 2.45) is 27.6 Å². The van der Waals surface area contributed by atoms with E-state index in [1.54, 1.807) is 24.1 Å². The maximum absolute atomic E-state index is 13.5. The molecule has 0 bridgehead atoms. The maximum Gasteiger partial charge on any atom is 0.417 e. The van der Waals surface area contributed by atoms with Gasteiger partial charge in [-0.2, -0.15) is 18.2 Å². The van der Waals surface area contributed by atoms with Crippen molar-refractivity contribution in [2.75, 3.05) is 30.4 Å². The Hall–Kier alpha value is -4.78. The number of methoxy groups -OCH3 is 1. The summed E-state index contributed by atoms with van der Waals surface area (Å²) in [6, 6.07) is 16.8. The Bertz CT molecular complexity index is 1600.